The predicted octanol–water partition coefficient (Wildman–Crippen LogP) is 1.61. The molecule has 1 aliphatic rings. The number of piperazine rings is 1. The third kappa shape index (κ3) is 11.5. The van der Waals surface area contributed by atoms with E-state index in [1.54, 1.807) is 0 Å². The lowest BCUT2D eigenvalue weighted by Gasteiger charge is -2.39. The molecule has 1 aliphatic heterocycles. The molecule has 0 bridgehead atoms. The summed E-state index contributed by atoms with van der Waals surface area (Å²) in [6.07, 6.45) is 15.6. The third-order valence-electron chi connectivity index (χ3n) is 5.30. The van der Waals surface area contributed by atoms with Crippen LogP contribution in [0.15, 0.2) is 0 Å². The van der Waals surface area contributed by atoms with Gasteiger partial charge in [-0.15, -0.1) is 0 Å². The summed E-state index contributed by atoms with van der Waals surface area (Å²) in [5.41, 5.74) is 0. The van der Waals surface area contributed by atoms with Crippen molar-refractivity contribution >= 4 is 5.91 Å². The van der Waals surface area contributed by atoms with Gasteiger partial charge in [0.1, 0.15) is 0 Å². The van der Waals surface area contributed by atoms with Gasteiger partial charge in [-0.05, 0) is 6.42 Å². The van der Waals surface area contributed by atoms with E-state index in [-0.39, 0.29) is 17.0 Å². The highest BCUT2D eigenvalue weighted by Crippen LogP contribution is 2.13. The van der Waals surface area contributed by atoms with Gasteiger partial charge in [0.25, 0.3) is 0 Å². The first kappa shape index (κ1) is 23.9. The molecule has 144 valence electrons. The normalized spacial score (nSPS) is 16.7. The first-order valence-corrected chi connectivity index (χ1v) is 10.1. The van der Waals surface area contributed by atoms with E-state index >= 15 is 0 Å². The van der Waals surface area contributed by atoms with Crippen LogP contribution in [0.25, 0.3) is 0 Å². The van der Waals surface area contributed by atoms with Crippen LogP contribution in [0.2, 0.25) is 0 Å². The van der Waals surface area contributed by atoms with Crippen molar-refractivity contribution in [3.63, 3.8) is 0 Å². The topological polar surface area (TPSA) is 20.3 Å². The van der Waals surface area contributed by atoms with Gasteiger partial charge in [-0.25, -0.2) is 0 Å². The Morgan fingerprint density at radius 2 is 1.21 bits per heavy atom. The monoisotopic (exact) mass is 404 g/mol. The maximum absolute atomic E-state index is 12.2. The summed E-state index contributed by atoms with van der Waals surface area (Å²) in [6.45, 7) is 6.37. The van der Waals surface area contributed by atoms with Crippen LogP contribution in [0.5, 0.6) is 0 Å². The molecular weight excluding hydrogens is 364 g/mol. The van der Waals surface area contributed by atoms with E-state index in [2.05, 4.69) is 25.9 Å². The second-order valence-electron chi connectivity index (χ2n) is 8.05. The summed E-state index contributed by atoms with van der Waals surface area (Å²) in [4.78, 5) is 14.3. The molecule has 1 rings (SSSR count). The lowest BCUT2D eigenvalue weighted by molar-refractivity contribution is -0.894. The number of likely N-dealkylation sites (N-methyl/N-ethyl adjacent to an activating group) is 1. The van der Waals surface area contributed by atoms with Gasteiger partial charge >= 0.3 is 0 Å². The lowest BCUT2D eigenvalue weighted by Crippen LogP contribution is -3.00. The van der Waals surface area contributed by atoms with Gasteiger partial charge in [0.2, 0.25) is 5.91 Å². The average Bonchev–Trinajstić information content (AvgIpc) is 2.52. The van der Waals surface area contributed by atoms with Crippen molar-refractivity contribution in [3.05, 3.63) is 0 Å². The van der Waals surface area contributed by atoms with Crippen molar-refractivity contribution in [3.8, 4) is 0 Å². The molecule has 0 aromatic rings. The Hall–Kier alpha value is -0.0900. The maximum atomic E-state index is 12.2. The number of amides is 1. The van der Waals surface area contributed by atoms with Crippen molar-refractivity contribution in [2.24, 2.45) is 0 Å². The standard InChI is InChI=1S/C20H41N2O.BrH/c1-4-5-6-7-8-9-10-11-12-13-14-15-20(23)21-16-18-22(2,3)19-17-21;/h4-19H2,1-3H3;1H/q+1;/p-1. The molecule has 3 nitrogen and oxygen atoms in total. The molecule has 0 N–H and O–H groups in total. The summed E-state index contributed by atoms with van der Waals surface area (Å²) >= 11 is 0. The first-order chi connectivity index (χ1) is 11.0. The van der Waals surface area contributed by atoms with Gasteiger partial charge in [-0.1, -0.05) is 71.1 Å². The Morgan fingerprint density at radius 1 is 0.792 bits per heavy atom. The van der Waals surface area contributed by atoms with Crippen molar-refractivity contribution in [1.29, 1.82) is 0 Å². The zero-order valence-electron chi connectivity index (χ0n) is 16.5. The quantitative estimate of drug-likeness (QED) is 0.357. The van der Waals surface area contributed by atoms with Gasteiger partial charge in [-0.2, -0.15) is 0 Å². The zero-order valence-corrected chi connectivity index (χ0v) is 18.1. The van der Waals surface area contributed by atoms with Crippen LogP contribution in [0.1, 0.15) is 84.0 Å². The molecular formula is C20H41BrN2O. The molecule has 0 aliphatic carbocycles. The van der Waals surface area contributed by atoms with E-state index in [1.165, 1.54) is 64.2 Å². The van der Waals surface area contributed by atoms with Crippen molar-refractivity contribution in [2.45, 2.75) is 84.0 Å². The molecule has 0 aromatic heterocycles. The fourth-order valence-corrected chi connectivity index (χ4v) is 3.35. The first-order valence-electron chi connectivity index (χ1n) is 10.1. The molecule has 0 aromatic carbocycles. The van der Waals surface area contributed by atoms with Crippen LogP contribution < -0.4 is 17.0 Å². The van der Waals surface area contributed by atoms with E-state index in [4.69, 9.17) is 0 Å². The maximum Gasteiger partial charge on any atom is 0.222 e. The highest BCUT2D eigenvalue weighted by molar-refractivity contribution is 5.76. The molecule has 4 heteroatoms. The summed E-state index contributed by atoms with van der Waals surface area (Å²) in [5, 5.41) is 0. The number of unbranched alkanes of at least 4 members (excludes halogenated alkanes) is 10. The predicted molar refractivity (Wildman–Crippen MR) is 99.5 cm³/mol. The van der Waals surface area contributed by atoms with Crippen LogP contribution in [-0.2, 0) is 4.79 Å². The number of rotatable bonds is 12. The summed E-state index contributed by atoms with van der Waals surface area (Å²) in [5.74, 6) is 0.389. The van der Waals surface area contributed by atoms with Gasteiger partial charge in [-0.3, -0.25) is 4.79 Å². The Kier molecular flexibility index (Phi) is 14.1. The molecule has 0 spiro atoms. The molecule has 24 heavy (non-hydrogen) atoms. The van der Waals surface area contributed by atoms with Gasteiger partial charge < -0.3 is 26.4 Å². The van der Waals surface area contributed by atoms with E-state index in [0.717, 1.165) is 43.5 Å². The summed E-state index contributed by atoms with van der Waals surface area (Å²) in [7, 11) is 4.51. The highest BCUT2D eigenvalue weighted by atomic mass is 79.9. The minimum Gasteiger partial charge on any atom is -1.00 e. The van der Waals surface area contributed by atoms with E-state index in [1.807, 2.05) is 0 Å². The van der Waals surface area contributed by atoms with Crippen LogP contribution in [-0.4, -0.2) is 55.6 Å². The van der Waals surface area contributed by atoms with E-state index < -0.39 is 0 Å². The second-order valence-corrected chi connectivity index (χ2v) is 8.05. The third-order valence-corrected chi connectivity index (χ3v) is 5.30. The van der Waals surface area contributed by atoms with Gasteiger partial charge in [0.05, 0.1) is 40.3 Å². The Morgan fingerprint density at radius 3 is 1.67 bits per heavy atom. The Balaban J connectivity index is 0.00000529. The number of hydrogen-bond acceptors (Lipinski definition) is 1. The molecule has 1 heterocycles. The molecule has 1 amide bonds. The number of carbonyl (C=O) groups is 1. The molecule has 0 atom stereocenters. The lowest BCUT2D eigenvalue weighted by atomic mass is 10.1. The van der Waals surface area contributed by atoms with Crippen LogP contribution >= 0.6 is 0 Å². The fourth-order valence-electron chi connectivity index (χ4n) is 3.35. The van der Waals surface area contributed by atoms with Crippen molar-refractivity contribution < 1.29 is 26.3 Å². The summed E-state index contributed by atoms with van der Waals surface area (Å²) in [6, 6.07) is 0. The second kappa shape index (κ2) is 14.1. The van der Waals surface area contributed by atoms with Gasteiger partial charge in [0, 0.05) is 6.42 Å². The number of quaternary nitrogens is 1. The largest absolute Gasteiger partial charge is 1.00 e. The highest BCUT2D eigenvalue weighted by Gasteiger charge is 2.26. The fraction of sp³-hybridized carbons (Fsp3) is 0.950. The average molecular weight is 405 g/mol. The number of carbonyl (C=O) groups excluding carboxylic acids is 1. The van der Waals surface area contributed by atoms with E-state index in [9.17, 15) is 4.79 Å². The molecule has 1 fully saturated rings. The Labute approximate surface area is 161 Å². The van der Waals surface area contributed by atoms with Crippen LogP contribution in [0, 0.1) is 0 Å². The molecule has 1 saturated heterocycles. The smallest absolute Gasteiger partial charge is 0.222 e. The molecule has 0 unspecified atom stereocenters. The molecule has 0 saturated carbocycles. The van der Waals surface area contributed by atoms with Crippen molar-refractivity contribution in [2.75, 3.05) is 40.3 Å². The molecule has 0 radical (unpaired) electrons. The van der Waals surface area contributed by atoms with Crippen LogP contribution in [0.4, 0.5) is 0 Å². The SMILES string of the molecule is CCCCCCCCCCCCCC(=O)N1CC[N+](C)(C)CC1.[Br-]. The minimum atomic E-state index is 0. The number of halogens is 1. The summed E-state index contributed by atoms with van der Waals surface area (Å²) < 4.78 is 1.06. The Bertz CT molecular complexity index is 311. The van der Waals surface area contributed by atoms with E-state index in [0.29, 0.717) is 5.91 Å². The minimum absolute atomic E-state index is 0. The number of nitrogens with zero attached hydrogens (tertiary/aromatic N) is 2. The van der Waals surface area contributed by atoms with Crippen LogP contribution in [0.3, 0.4) is 0 Å². The van der Waals surface area contributed by atoms with Gasteiger partial charge in [0.15, 0.2) is 0 Å². The van der Waals surface area contributed by atoms with Crippen molar-refractivity contribution in [1.82, 2.24) is 4.90 Å². The zero-order chi connectivity index (χ0) is 17.0. The number of hydrogen-bond donors (Lipinski definition) is 0.